The molecule has 2 unspecified atom stereocenters. The zero-order valence-electron chi connectivity index (χ0n) is 30.2. The van der Waals surface area contributed by atoms with Crippen LogP contribution in [0.5, 0.6) is 0 Å². The number of pyridine rings is 1. The minimum atomic E-state index is -1.50. The van der Waals surface area contributed by atoms with Crippen LogP contribution in [-0.4, -0.2) is 108 Å². The van der Waals surface area contributed by atoms with Gasteiger partial charge in [0.15, 0.2) is 0 Å². The van der Waals surface area contributed by atoms with Crippen molar-refractivity contribution >= 4 is 23.6 Å². The number of nitrogens with one attached hydrogen (secondary N) is 1. The summed E-state index contributed by atoms with van der Waals surface area (Å²) in [5.41, 5.74) is -1.92. The third-order valence-corrected chi connectivity index (χ3v) is 14.2. The Kier molecular flexibility index (Phi) is 8.52. The molecule has 1 spiro atoms. The number of benzene rings is 1. The van der Waals surface area contributed by atoms with E-state index in [1.807, 2.05) is 6.07 Å². The summed E-state index contributed by atoms with van der Waals surface area (Å²) in [6.45, 7) is 5.37. The van der Waals surface area contributed by atoms with Gasteiger partial charge >= 0.3 is 5.97 Å². The minimum Gasteiger partial charge on any atom is -0.454 e. The zero-order valence-corrected chi connectivity index (χ0v) is 30.2. The first kappa shape index (κ1) is 34.9. The van der Waals surface area contributed by atoms with Crippen LogP contribution in [0.2, 0.25) is 0 Å². The summed E-state index contributed by atoms with van der Waals surface area (Å²) in [5, 5.41) is 28.8. The number of hydrogen-bond donors (Lipinski definition) is 3. The molecule has 51 heavy (non-hydrogen) atoms. The second-order valence-corrected chi connectivity index (χ2v) is 15.8. The van der Waals surface area contributed by atoms with Crippen LogP contribution in [0.4, 0.5) is 5.69 Å². The van der Waals surface area contributed by atoms with Crippen molar-refractivity contribution < 1.29 is 38.7 Å². The Labute approximate surface area is 299 Å². The van der Waals surface area contributed by atoms with Gasteiger partial charge in [0.05, 0.1) is 29.6 Å². The smallest absolute Gasteiger partial charge is 0.340 e. The molecule has 1 aromatic carbocycles. The molecule has 3 N–H and O–H groups in total. The summed E-state index contributed by atoms with van der Waals surface area (Å²) in [7, 11) is 5.06. The van der Waals surface area contributed by atoms with Gasteiger partial charge in [0, 0.05) is 87.9 Å². The fourth-order valence-corrected chi connectivity index (χ4v) is 12.6. The number of rotatable bonds is 10. The van der Waals surface area contributed by atoms with Gasteiger partial charge < -0.3 is 34.5 Å². The molecule has 5 aliphatic carbocycles. The lowest BCUT2D eigenvalue weighted by atomic mass is 9.44. The fraction of sp³-hybridized carbons (Fsp3) is 0.625. The van der Waals surface area contributed by atoms with Gasteiger partial charge in [0.1, 0.15) is 16.8 Å². The molecule has 1 amide bonds. The van der Waals surface area contributed by atoms with Gasteiger partial charge in [-0.05, 0) is 74.1 Å². The molecule has 1 aliphatic heterocycles. The van der Waals surface area contributed by atoms with E-state index in [9.17, 15) is 19.8 Å². The molecular weight excluding hydrogens is 650 g/mol. The molecule has 0 radical (unpaired) electrons. The largest absolute Gasteiger partial charge is 0.454 e. The van der Waals surface area contributed by atoms with E-state index in [2.05, 4.69) is 29.0 Å². The van der Waals surface area contributed by atoms with E-state index in [0.29, 0.717) is 50.9 Å². The van der Waals surface area contributed by atoms with Gasteiger partial charge in [-0.25, -0.2) is 4.79 Å². The quantitative estimate of drug-likeness (QED) is 0.247. The number of aromatic nitrogens is 1. The maximum absolute atomic E-state index is 14.4. The van der Waals surface area contributed by atoms with Crippen LogP contribution >= 0.6 is 0 Å². The summed E-state index contributed by atoms with van der Waals surface area (Å²) < 4.78 is 25.3. The number of likely N-dealkylation sites (tertiary alicyclic amines) is 1. The molecule has 2 aromatic rings. The summed E-state index contributed by atoms with van der Waals surface area (Å²) in [5.74, 6) is -1.80. The number of esters is 1. The summed E-state index contributed by atoms with van der Waals surface area (Å²) in [4.78, 5) is 34.2. The molecule has 12 atom stereocenters. The molecule has 274 valence electrons. The van der Waals surface area contributed by atoms with Crippen molar-refractivity contribution in [3.05, 3.63) is 65.5 Å². The first-order chi connectivity index (χ1) is 24.6. The van der Waals surface area contributed by atoms with Gasteiger partial charge in [-0.2, -0.15) is 0 Å². The summed E-state index contributed by atoms with van der Waals surface area (Å²) in [6.07, 6.45) is 9.22. The highest BCUT2D eigenvalue weighted by Gasteiger charge is 2.89. The van der Waals surface area contributed by atoms with Crippen LogP contribution in [0.25, 0.3) is 6.08 Å². The van der Waals surface area contributed by atoms with Crippen molar-refractivity contribution in [1.29, 1.82) is 0 Å². The van der Waals surface area contributed by atoms with E-state index in [-0.39, 0.29) is 53.4 Å². The number of amides is 1. The van der Waals surface area contributed by atoms with Crippen molar-refractivity contribution in [3.8, 4) is 0 Å². The number of ether oxygens (including phenoxy) is 4. The number of aryl methyl sites for hydroxylation is 1. The molecular formula is C40H51N3O8. The van der Waals surface area contributed by atoms with Crippen LogP contribution in [0, 0.1) is 29.1 Å². The zero-order chi connectivity index (χ0) is 35.9. The van der Waals surface area contributed by atoms with E-state index in [1.165, 1.54) is 6.08 Å². The number of likely N-dealkylation sites (N-methyl/N-ethyl adjacent to an activating group) is 1. The van der Waals surface area contributed by atoms with Crippen molar-refractivity contribution in [2.45, 2.75) is 93.5 Å². The molecule has 1 saturated heterocycles. The minimum absolute atomic E-state index is 0.0710. The van der Waals surface area contributed by atoms with Gasteiger partial charge in [0.2, 0.25) is 5.91 Å². The topological polar surface area (TPSA) is 140 Å². The number of methoxy groups -OCH3 is 3. The number of fused-ring (bicyclic) bond motifs is 2. The Morgan fingerprint density at radius 2 is 1.86 bits per heavy atom. The van der Waals surface area contributed by atoms with Gasteiger partial charge in [-0.1, -0.05) is 26.0 Å². The van der Waals surface area contributed by atoms with E-state index in [4.69, 9.17) is 18.9 Å². The van der Waals surface area contributed by atoms with E-state index < -0.39 is 34.3 Å². The van der Waals surface area contributed by atoms with Crippen LogP contribution in [0.1, 0.15) is 67.4 Å². The van der Waals surface area contributed by atoms with E-state index in [1.54, 1.807) is 64.1 Å². The van der Waals surface area contributed by atoms with Crippen LogP contribution in [-0.2, 0) is 30.2 Å². The van der Waals surface area contributed by atoms with Crippen molar-refractivity contribution in [2.75, 3.05) is 39.7 Å². The number of anilines is 1. The lowest BCUT2D eigenvalue weighted by molar-refractivity contribution is -0.337. The first-order valence-electron chi connectivity index (χ1n) is 18.6. The van der Waals surface area contributed by atoms with Crippen molar-refractivity contribution in [1.82, 2.24) is 9.88 Å². The first-order valence-corrected chi connectivity index (χ1v) is 18.6. The van der Waals surface area contributed by atoms with E-state index >= 15 is 0 Å². The maximum Gasteiger partial charge on any atom is 0.340 e. The molecule has 1 aromatic heterocycles. The van der Waals surface area contributed by atoms with Crippen LogP contribution in [0.3, 0.4) is 0 Å². The second-order valence-electron chi connectivity index (χ2n) is 15.8. The number of carbonyl (C=O) groups is 2. The molecule has 8 rings (SSSR count). The normalized spacial score (nSPS) is 41.9. The number of nitrogens with zero attached hydrogens (tertiary/aromatic N) is 2. The average molecular weight is 702 g/mol. The highest BCUT2D eigenvalue weighted by atomic mass is 16.6. The third-order valence-electron chi connectivity index (χ3n) is 14.2. The Morgan fingerprint density at radius 1 is 1.06 bits per heavy atom. The lowest BCUT2D eigenvalue weighted by Crippen LogP contribution is -2.83. The maximum atomic E-state index is 14.4. The number of aliphatic hydroxyl groups is 2. The Morgan fingerprint density at radius 3 is 2.59 bits per heavy atom. The van der Waals surface area contributed by atoms with Gasteiger partial charge in [0.25, 0.3) is 0 Å². The van der Waals surface area contributed by atoms with Crippen molar-refractivity contribution in [3.63, 3.8) is 0 Å². The molecule has 11 heteroatoms. The number of carbonyl (C=O) groups excluding carboxylic acids is 2. The molecule has 6 aliphatic rings. The van der Waals surface area contributed by atoms with Crippen LogP contribution in [0.15, 0.2) is 48.8 Å². The van der Waals surface area contributed by atoms with Gasteiger partial charge in [-0.15, -0.1) is 0 Å². The third kappa shape index (κ3) is 4.61. The summed E-state index contributed by atoms with van der Waals surface area (Å²) in [6, 6.07) is 8.86. The lowest BCUT2D eigenvalue weighted by Gasteiger charge is -2.70. The van der Waals surface area contributed by atoms with Crippen LogP contribution < -0.4 is 5.32 Å². The molecule has 5 saturated carbocycles. The molecule has 6 fully saturated rings. The average Bonchev–Trinajstić information content (AvgIpc) is 3.57. The second kappa shape index (κ2) is 12.5. The number of piperidine rings is 1. The highest BCUT2D eigenvalue weighted by Crippen LogP contribution is 2.79. The van der Waals surface area contributed by atoms with Crippen molar-refractivity contribution in [2.24, 2.45) is 29.1 Å². The SMILES string of the molecule is CCc1cncc(/C=C/C(=O)Nc2ccccc2C(=O)O[C@@]23CC[C@H](OC)[C@]45C([C@@H](C[C@H]24)[C@@]2(O)C[C@H](OC)[C@H]4C[C@@H]5[C@]2(O)C4OC)N(CC)C3)c1. The molecule has 7 bridgehead atoms. The predicted molar refractivity (Wildman–Crippen MR) is 189 cm³/mol. The van der Waals surface area contributed by atoms with E-state index in [0.717, 1.165) is 17.5 Å². The van der Waals surface area contributed by atoms with Gasteiger partial charge in [-0.3, -0.25) is 14.7 Å². The molecule has 2 heterocycles. The number of hydrogen-bond acceptors (Lipinski definition) is 10. The Balaban J connectivity index is 1.14. The fourth-order valence-electron chi connectivity index (χ4n) is 12.6. The molecule has 11 nitrogen and oxygen atoms in total. The Hall–Kier alpha value is -3.19. The standard InChI is InChI=1S/C40H51N3O8/c1-6-23-16-24(21-41-20-23)12-13-33(44)42-28-11-9-8-10-25(28)36(45)51-37-15-14-32(49-4)39-30(37)18-27(34(39)43(7-2)22-37)38(46)19-29(48-3)26-17-31(39)40(38,47)35(26)50-5/h8-13,16,20-21,26-27,29-32,34-35,46-47H,6-7,14-15,17-19,22H2,1-5H3,(H,42,44)/b13-12+/t26-,27-,29+,30-,31+,32+,34?,35?,37-,38+,39+,40+/m1/s1. The predicted octanol–water partition coefficient (Wildman–Crippen LogP) is 3.87. The Bertz CT molecular complexity index is 1740. The highest BCUT2D eigenvalue weighted by molar-refractivity contribution is 6.06. The monoisotopic (exact) mass is 701 g/mol. The number of para-hydroxylation sites is 1. The summed E-state index contributed by atoms with van der Waals surface area (Å²) >= 11 is 0.